The fraction of sp³-hybridized carbons (Fsp3) is 0. The summed E-state index contributed by atoms with van der Waals surface area (Å²) < 4.78 is 0. The Balaban J connectivity index is 0.000000174. The molecule has 0 aliphatic rings. The topological polar surface area (TPSA) is 125 Å². The summed E-state index contributed by atoms with van der Waals surface area (Å²) in [6, 6.07) is 17.7. The fourth-order valence-electron chi connectivity index (χ4n) is 2.00. The Labute approximate surface area is 131 Å². The van der Waals surface area contributed by atoms with Gasteiger partial charge in [0, 0.05) is 10.8 Å². The SMILES string of the molecule is N#Cc1ccccc1C#N.O=Nc1[nH]c(NO)c2ccccc12. The van der Waals surface area contributed by atoms with Crippen LogP contribution in [0, 0.1) is 27.6 Å². The maximum absolute atomic E-state index is 10.4. The van der Waals surface area contributed by atoms with Crippen LogP contribution in [0.15, 0.2) is 53.7 Å². The number of H-pyrrole nitrogens is 1. The van der Waals surface area contributed by atoms with Gasteiger partial charge in [0.05, 0.1) is 11.1 Å². The van der Waals surface area contributed by atoms with Gasteiger partial charge >= 0.3 is 0 Å². The zero-order valence-corrected chi connectivity index (χ0v) is 11.8. The monoisotopic (exact) mass is 305 g/mol. The second-order valence-corrected chi connectivity index (χ2v) is 4.37. The van der Waals surface area contributed by atoms with Crippen molar-refractivity contribution >= 4 is 22.4 Å². The predicted octanol–water partition coefficient (Wildman–Crippen LogP) is 3.80. The first-order valence-electron chi connectivity index (χ1n) is 6.48. The number of rotatable bonds is 2. The number of hydrogen-bond acceptors (Lipinski definition) is 6. The van der Waals surface area contributed by atoms with E-state index in [0.29, 0.717) is 22.3 Å². The van der Waals surface area contributed by atoms with E-state index in [2.05, 4.69) is 10.2 Å². The molecule has 7 nitrogen and oxygen atoms in total. The van der Waals surface area contributed by atoms with Crippen LogP contribution in [0.1, 0.15) is 11.1 Å². The Morgan fingerprint density at radius 1 is 0.957 bits per heavy atom. The number of hydrogen-bond donors (Lipinski definition) is 3. The van der Waals surface area contributed by atoms with E-state index in [4.69, 9.17) is 15.7 Å². The third-order valence-corrected chi connectivity index (χ3v) is 3.07. The lowest BCUT2D eigenvalue weighted by Gasteiger charge is -1.92. The van der Waals surface area contributed by atoms with E-state index in [1.54, 1.807) is 42.5 Å². The van der Waals surface area contributed by atoms with Crippen LogP contribution in [-0.2, 0) is 0 Å². The summed E-state index contributed by atoms with van der Waals surface area (Å²) in [7, 11) is 0. The summed E-state index contributed by atoms with van der Waals surface area (Å²) in [6.07, 6.45) is 0. The second-order valence-electron chi connectivity index (χ2n) is 4.37. The van der Waals surface area contributed by atoms with Gasteiger partial charge in [-0.1, -0.05) is 36.4 Å². The molecule has 0 aliphatic carbocycles. The number of nitrogens with one attached hydrogen (secondary N) is 2. The summed E-state index contributed by atoms with van der Waals surface area (Å²) in [5, 5.41) is 29.9. The number of nitrogens with zero attached hydrogens (tertiary/aromatic N) is 3. The molecule has 0 spiro atoms. The summed E-state index contributed by atoms with van der Waals surface area (Å²) in [5.41, 5.74) is 2.84. The third-order valence-electron chi connectivity index (χ3n) is 3.07. The average Bonchev–Trinajstić information content (AvgIpc) is 3.00. The lowest BCUT2D eigenvalue weighted by molar-refractivity contribution is 0.387. The third kappa shape index (κ3) is 3.32. The van der Waals surface area contributed by atoms with Crippen LogP contribution < -0.4 is 5.48 Å². The Bertz CT molecular complexity index is 885. The standard InChI is InChI=1S/C8H7N3O2.C8H4N2/c12-10-7-5-3-1-2-4-6(5)8(9-7)11-13;9-5-7-3-1-2-4-8(7)6-10/h1-4,9-10,12H;1-4H. The summed E-state index contributed by atoms with van der Waals surface area (Å²) in [6.45, 7) is 0. The number of anilines is 1. The molecule has 0 amide bonds. The Morgan fingerprint density at radius 2 is 1.48 bits per heavy atom. The minimum atomic E-state index is 0.215. The first-order chi connectivity index (χ1) is 11.2. The summed E-state index contributed by atoms with van der Waals surface area (Å²) in [4.78, 5) is 13.0. The van der Waals surface area contributed by atoms with Crippen molar-refractivity contribution < 1.29 is 5.21 Å². The fourth-order valence-corrected chi connectivity index (χ4v) is 2.00. The smallest absolute Gasteiger partial charge is 0.184 e. The summed E-state index contributed by atoms with van der Waals surface area (Å²) >= 11 is 0. The van der Waals surface area contributed by atoms with Crippen molar-refractivity contribution in [1.29, 1.82) is 10.5 Å². The van der Waals surface area contributed by atoms with Gasteiger partial charge in [-0.2, -0.15) is 10.5 Å². The molecular formula is C16H11N5O2. The van der Waals surface area contributed by atoms with Crippen LogP contribution in [0.5, 0.6) is 0 Å². The maximum Gasteiger partial charge on any atom is 0.184 e. The van der Waals surface area contributed by atoms with Crippen LogP contribution in [0.4, 0.5) is 11.6 Å². The van der Waals surface area contributed by atoms with Crippen molar-refractivity contribution in [1.82, 2.24) is 4.98 Å². The van der Waals surface area contributed by atoms with Gasteiger partial charge in [-0.25, -0.2) is 0 Å². The number of benzene rings is 2. The van der Waals surface area contributed by atoms with Crippen molar-refractivity contribution in [2.45, 2.75) is 0 Å². The minimum absolute atomic E-state index is 0.215. The van der Waals surface area contributed by atoms with Gasteiger partial charge in [0.25, 0.3) is 0 Å². The van der Waals surface area contributed by atoms with Crippen LogP contribution in [0.25, 0.3) is 10.8 Å². The highest BCUT2D eigenvalue weighted by atomic mass is 16.5. The molecular weight excluding hydrogens is 294 g/mol. The van der Waals surface area contributed by atoms with E-state index >= 15 is 0 Å². The molecule has 3 rings (SSSR count). The van der Waals surface area contributed by atoms with Gasteiger partial charge in [0.15, 0.2) is 5.82 Å². The molecule has 23 heavy (non-hydrogen) atoms. The number of fused-ring (bicyclic) bond motifs is 1. The highest BCUT2D eigenvalue weighted by Crippen LogP contribution is 2.31. The average molecular weight is 305 g/mol. The first kappa shape index (κ1) is 15.7. The number of nitroso groups, excluding NO2 is 1. The molecule has 112 valence electrons. The molecule has 1 aromatic heterocycles. The van der Waals surface area contributed by atoms with Crippen molar-refractivity contribution in [3.8, 4) is 12.1 Å². The normalized spacial score (nSPS) is 9.17. The van der Waals surface area contributed by atoms with Crippen LogP contribution in [-0.4, -0.2) is 10.2 Å². The zero-order chi connectivity index (χ0) is 16.7. The van der Waals surface area contributed by atoms with Crippen molar-refractivity contribution in [2.75, 3.05) is 5.48 Å². The molecule has 0 atom stereocenters. The number of aromatic nitrogens is 1. The molecule has 0 bridgehead atoms. The van der Waals surface area contributed by atoms with E-state index < -0.39 is 0 Å². The molecule has 0 saturated carbocycles. The highest BCUT2D eigenvalue weighted by Gasteiger charge is 2.08. The molecule has 7 heteroatoms. The highest BCUT2D eigenvalue weighted by molar-refractivity contribution is 6.00. The Hall–Kier alpha value is -3.68. The molecule has 0 saturated heterocycles. The molecule has 2 aromatic carbocycles. The number of nitriles is 2. The zero-order valence-electron chi connectivity index (χ0n) is 11.8. The molecule has 0 unspecified atom stereocenters. The van der Waals surface area contributed by atoms with Crippen molar-refractivity contribution in [3.05, 3.63) is 64.6 Å². The van der Waals surface area contributed by atoms with Crippen LogP contribution in [0.3, 0.4) is 0 Å². The summed E-state index contributed by atoms with van der Waals surface area (Å²) in [5.74, 6) is 0.595. The van der Waals surface area contributed by atoms with Crippen LogP contribution in [0.2, 0.25) is 0 Å². The van der Waals surface area contributed by atoms with Crippen molar-refractivity contribution in [3.63, 3.8) is 0 Å². The Kier molecular flexibility index (Phi) is 5.03. The van der Waals surface area contributed by atoms with Gasteiger partial charge in [0.1, 0.15) is 18.0 Å². The van der Waals surface area contributed by atoms with E-state index in [9.17, 15) is 4.91 Å². The lowest BCUT2D eigenvalue weighted by Crippen LogP contribution is -1.88. The quantitative estimate of drug-likeness (QED) is 0.490. The van der Waals surface area contributed by atoms with Gasteiger partial charge in [-0.15, -0.1) is 4.91 Å². The molecule has 0 aliphatic heterocycles. The van der Waals surface area contributed by atoms with Gasteiger partial charge in [-0.3, -0.25) is 10.7 Å². The van der Waals surface area contributed by atoms with E-state index in [0.717, 1.165) is 5.39 Å². The largest absolute Gasteiger partial charge is 0.321 e. The van der Waals surface area contributed by atoms with E-state index in [1.807, 2.05) is 23.7 Å². The Morgan fingerprint density at radius 3 is 1.96 bits per heavy atom. The maximum atomic E-state index is 10.4. The van der Waals surface area contributed by atoms with Gasteiger partial charge < -0.3 is 4.98 Å². The van der Waals surface area contributed by atoms with E-state index in [1.165, 1.54) is 0 Å². The van der Waals surface area contributed by atoms with Gasteiger partial charge in [-0.05, 0) is 17.3 Å². The van der Waals surface area contributed by atoms with Crippen molar-refractivity contribution in [2.24, 2.45) is 5.18 Å². The predicted molar refractivity (Wildman–Crippen MR) is 85.0 cm³/mol. The molecule has 3 N–H and O–H groups in total. The first-order valence-corrected chi connectivity index (χ1v) is 6.48. The molecule has 3 aromatic rings. The van der Waals surface area contributed by atoms with Crippen LogP contribution >= 0.6 is 0 Å². The molecule has 0 fully saturated rings. The lowest BCUT2D eigenvalue weighted by atomic mass is 10.1. The molecule has 0 radical (unpaired) electrons. The van der Waals surface area contributed by atoms with E-state index in [-0.39, 0.29) is 5.82 Å². The molecule has 1 heterocycles. The van der Waals surface area contributed by atoms with Gasteiger partial charge in [0.2, 0.25) is 0 Å². The number of aromatic amines is 1. The minimum Gasteiger partial charge on any atom is -0.321 e. The second kappa shape index (κ2) is 7.36.